The lowest BCUT2D eigenvalue weighted by Crippen LogP contribution is -2.42. The Morgan fingerprint density at radius 2 is 1.32 bits per heavy atom. The molecular weight excluding hydrogens is 486 g/mol. The van der Waals surface area contributed by atoms with Crippen LogP contribution in [0.4, 0.5) is 17.1 Å². The third kappa shape index (κ3) is 4.13. The molecule has 5 rings (SSSR count). The van der Waals surface area contributed by atoms with E-state index in [4.69, 9.17) is 16.3 Å². The van der Waals surface area contributed by atoms with Gasteiger partial charge in [-0.15, -0.1) is 0 Å². The summed E-state index contributed by atoms with van der Waals surface area (Å²) in [5.74, 6) is 0.254. The smallest absolute Gasteiger partial charge is 0.336 e. The number of carbonyl (C=O) groups is 1. The molecule has 0 bridgehead atoms. The van der Waals surface area contributed by atoms with Crippen molar-refractivity contribution in [3.8, 4) is 11.5 Å². The van der Waals surface area contributed by atoms with Crippen molar-refractivity contribution in [1.29, 1.82) is 0 Å². The van der Waals surface area contributed by atoms with E-state index in [-0.39, 0.29) is 5.56 Å². The summed E-state index contributed by atoms with van der Waals surface area (Å²) in [6.45, 7) is 0. The summed E-state index contributed by atoms with van der Waals surface area (Å²) >= 11 is 6.66. The molecule has 188 valence electrons. The van der Waals surface area contributed by atoms with Crippen LogP contribution < -0.4 is 19.9 Å². The summed E-state index contributed by atoms with van der Waals surface area (Å²) in [5.41, 5.74) is 3.84. The van der Waals surface area contributed by atoms with Gasteiger partial charge in [-0.3, -0.25) is 0 Å². The van der Waals surface area contributed by atoms with E-state index in [1.54, 1.807) is 12.1 Å². The molecule has 0 saturated heterocycles. The number of ether oxygens (including phenoxy) is 1. The summed E-state index contributed by atoms with van der Waals surface area (Å²) in [4.78, 5) is 16.5. The quantitative estimate of drug-likeness (QED) is 0.300. The Hall–Kier alpha value is -4.16. The van der Waals surface area contributed by atoms with Crippen LogP contribution in [0.2, 0.25) is 5.02 Å². The van der Waals surface area contributed by atoms with Crippen LogP contribution in [-0.2, 0) is 5.54 Å². The number of benzene rings is 4. The van der Waals surface area contributed by atoms with Gasteiger partial charge in [-0.2, -0.15) is 0 Å². The fraction of sp³-hybridized carbons (Fsp3) is 0.167. The highest BCUT2D eigenvalue weighted by Crippen LogP contribution is 2.54. The molecule has 4 aromatic carbocycles. The Morgan fingerprint density at radius 1 is 0.784 bits per heavy atom. The first-order valence-electron chi connectivity index (χ1n) is 11.9. The van der Waals surface area contributed by atoms with Crippen LogP contribution in [0.3, 0.4) is 0 Å². The molecule has 0 atom stereocenters. The van der Waals surface area contributed by atoms with Crippen molar-refractivity contribution >= 4 is 34.6 Å². The molecule has 0 unspecified atom stereocenters. The lowest BCUT2D eigenvalue weighted by Gasteiger charge is -2.43. The number of para-hydroxylation sites is 1. The van der Waals surface area contributed by atoms with Gasteiger partial charge < -0.3 is 25.0 Å². The van der Waals surface area contributed by atoms with E-state index in [2.05, 4.69) is 5.32 Å². The van der Waals surface area contributed by atoms with Crippen molar-refractivity contribution in [3.63, 3.8) is 0 Å². The van der Waals surface area contributed by atoms with Crippen LogP contribution in [0, 0.1) is 0 Å². The third-order valence-electron chi connectivity index (χ3n) is 6.75. The molecule has 0 radical (unpaired) electrons. The number of nitrogens with zero attached hydrogens (tertiary/aromatic N) is 2. The lowest BCUT2D eigenvalue weighted by molar-refractivity contribution is 0.0694. The third-order valence-corrected chi connectivity index (χ3v) is 7.08. The van der Waals surface area contributed by atoms with Gasteiger partial charge in [0.25, 0.3) is 0 Å². The average molecular weight is 514 g/mol. The number of carboxylic acids is 1. The molecule has 0 amide bonds. The Balaban J connectivity index is 1.92. The molecule has 2 N–H and O–H groups in total. The van der Waals surface area contributed by atoms with Crippen molar-refractivity contribution in [2.24, 2.45) is 0 Å². The molecule has 0 saturated carbocycles. The monoisotopic (exact) mass is 513 g/mol. The number of hydrogen-bond acceptors (Lipinski definition) is 5. The second-order valence-corrected chi connectivity index (χ2v) is 9.86. The SMILES string of the molecule is CN(C)c1ccc2c(c1)Oc1cc(N(C)C)ccc1C2(Nc1ccccc1Cl)c1ccccc1C(=O)O. The van der Waals surface area contributed by atoms with Gasteiger partial charge in [0.05, 0.1) is 16.3 Å². The Kier molecular flexibility index (Phi) is 6.21. The number of halogens is 1. The summed E-state index contributed by atoms with van der Waals surface area (Å²) in [7, 11) is 7.88. The van der Waals surface area contributed by atoms with Crippen LogP contribution in [0.15, 0.2) is 84.9 Å². The van der Waals surface area contributed by atoms with Crippen LogP contribution in [0.25, 0.3) is 0 Å². The van der Waals surface area contributed by atoms with Gasteiger partial charge in [0.2, 0.25) is 0 Å². The Labute approximate surface area is 221 Å². The fourth-order valence-corrected chi connectivity index (χ4v) is 5.07. The van der Waals surface area contributed by atoms with Gasteiger partial charge in [-0.1, -0.05) is 54.1 Å². The van der Waals surface area contributed by atoms with Gasteiger partial charge in [-0.25, -0.2) is 4.79 Å². The molecular formula is C30H28ClN3O3. The van der Waals surface area contributed by atoms with E-state index in [1.807, 2.05) is 111 Å². The van der Waals surface area contributed by atoms with Gasteiger partial charge in [0.1, 0.15) is 17.0 Å². The van der Waals surface area contributed by atoms with Crippen molar-refractivity contribution in [3.05, 3.63) is 112 Å². The zero-order chi connectivity index (χ0) is 26.3. The Bertz CT molecular complexity index is 1440. The van der Waals surface area contributed by atoms with Crippen molar-refractivity contribution in [2.45, 2.75) is 5.54 Å². The van der Waals surface area contributed by atoms with Crippen LogP contribution in [-0.4, -0.2) is 39.3 Å². The van der Waals surface area contributed by atoms with Crippen molar-refractivity contribution < 1.29 is 14.6 Å². The maximum absolute atomic E-state index is 12.5. The first kappa shape index (κ1) is 24.5. The number of aromatic carboxylic acids is 1. The average Bonchev–Trinajstić information content (AvgIpc) is 2.88. The fourth-order valence-electron chi connectivity index (χ4n) is 4.88. The summed E-state index contributed by atoms with van der Waals surface area (Å²) < 4.78 is 6.53. The molecule has 0 spiro atoms. The van der Waals surface area contributed by atoms with Gasteiger partial charge in [-0.05, 0) is 30.3 Å². The predicted molar refractivity (Wildman–Crippen MR) is 150 cm³/mol. The van der Waals surface area contributed by atoms with Gasteiger partial charge in [0, 0.05) is 68.4 Å². The number of rotatable bonds is 6. The predicted octanol–water partition coefficient (Wildman–Crippen LogP) is 6.68. The van der Waals surface area contributed by atoms with Crippen molar-refractivity contribution in [1.82, 2.24) is 0 Å². The van der Waals surface area contributed by atoms with E-state index < -0.39 is 11.5 Å². The van der Waals surface area contributed by atoms with Gasteiger partial charge >= 0.3 is 5.97 Å². The molecule has 6 nitrogen and oxygen atoms in total. The minimum absolute atomic E-state index is 0.189. The van der Waals surface area contributed by atoms with Crippen LogP contribution in [0.1, 0.15) is 27.0 Å². The molecule has 1 aliphatic rings. The molecule has 7 heteroatoms. The molecule has 4 aromatic rings. The standard InChI is InChI=1S/C30H28ClN3O3/c1-33(2)19-13-15-23-27(17-19)37-28-18-20(34(3)4)14-16-24(28)30(23,32-26-12-8-7-11-25(26)31)22-10-6-5-9-21(22)29(35)36/h5-18,32H,1-4H3,(H,35,36). The van der Waals surface area contributed by atoms with E-state index in [0.717, 1.165) is 22.5 Å². The number of hydrogen-bond donors (Lipinski definition) is 2. The number of fused-ring (bicyclic) bond motifs is 2. The molecule has 37 heavy (non-hydrogen) atoms. The van der Waals surface area contributed by atoms with E-state index in [9.17, 15) is 9.90 Å². The second kappa shape index (κ2) is 9.37. The summed E-state index contributed by atoms with van der Waals surface area (Å²) in [6, 6.07) is 26.5. The number of anilines is 3. The van der Waals surface area contributed by atoms with Crippen LogP contribution >= 0.6 is 11.6 Å². The highest BCUT2D eigenvalue weighted by atomic mass is 35.5. The number of carboxylic acid groups (broad SMARTS) is 1. The largest absolute Gasteiger partial charge is 0.478 e. The molecule has 1 heterocycles. The highest BCUT2D eigenvalue weighted by molar-refractivity contribution is 6.33. The van der Waals surface area contributed by atoms with Gasteiger partial charge in [0.15, 0.2) is 0 Å². The lowest BCUT2D eigenvalue weighted by atomic mass is 9.73. The summed E-state index contributed by atoms with van der Waals surface area (Å²) in [5, 5.41) is 14.5. The minimum atomic E-state index is -1.11. The van der Waals surface area contributed by atoms with E-state index >= 15 is 0 Å². The molecule has 0 fully saturated rings. The zero-order valence-corrected chi connectivity index (χ0v) is 21.9. The second-order valence-electron chi connectivity index (χ2n) is 9.46. The first-order valence-corrected chi connectivity index (χ1v) is 12.3. The minimum Gasteiger partial charge on any atom is -0.478 e. The zero-order valence-electron chi connectivity index (χ0n) is 21.1. The molecule has 0 aromatic heterocycles. The van der Waals surface area contributed by atoms with Crippen molar-refractivity contribution in [2.75, 3.05) is 43.3 Å². The van der Waals surface area contributed by atoms with E-state index in [0.29, 0.717) is 27.8 Å². The highest BCUT2D eigenvalue weighted by Gasteiger charge is 2.46. The maximum atomic E-state index is 12.5. The van der Waals surface area contributed by atoms with Crippen LogP contribution in [0.5, 0.6) is 11.5 Å². The Morgan fingerprint density at radius 3 is 1.86 bits per heavy atom. The van der Waals surface area contributed by atoms with E-state index in [1.165, 1.54) is 0 Å². The molecule has 0 aliphatic carbocycles. The topological polar surface area (TPSA) is 65.0 Å². The maximum Gasteiger partial charge on any atom is 0.336 e. The molecule has 1 aliphatic heterocycles. The number of nitrogens with one attached hydrogen (secondary N) is 1. The normalized spacial score (nSPS) is 13.1. The first-order chi connectivity index (χ1) is 17.7. The summed E-state index contributed by atoms with van der Waals surface area (Å²) in [6.07, 6.45) is 0.